The average Bonchev–Trinajstić information content (AvgIpc) is 2.99. The maximum atomic E-state index is 10.6. The van der Waals surface area contributed by atoms with E-state index in [9.17, 15) is 10.2 Å². The van der Waals surface area contributed by atoms with Crippen LogP contribution in [0.2, 0.25) is 0 Å². The molecule has 2 N–H and O–H groups in total. The van der Waals surface area contributed by atoms with Crippen molar-refractivity contribution in [3.8, 4) is 67.1 Å². The summed E-state index contributed by atoms with van der Waals surface area (Å²) in [5.41, 5.74) is 10.5. The van der Waals surface area contributed by atoms with Gasteiger partial charge in [-0.2, -0.15) is 0 Å². The van der Waals surface area contributed by atoms with Gasteiger partial charge in [0.15, 0.2) is 11.5 Å². The van der Waals surface area contributed by atoms with Crippen molar-refractivity contribution in [1.82, 2.24) is 0 Å². The predicted octanol–water partition coefficient (Wildman–Crippen LogP) is 9.43. The van der Waals surface area contributed by atoms with Crippen molar-refractivity contribution in [3.05, 3.63) is 146 Å². The van der Waals surface area contributed by atoms with E-state index in [0.29, 0.717) is 0 Å². The van der Waals surface area contributed by atoms with E-state index < -0.39 is 0 Å². The van der Waals surface area contributed by atoms with Crippen LogP contribution in [0.25, 0.3) is 55.6 Å². The molecule has 0 aromatic heterocycles. The summed E-state index contributed by atoms with van der Waals surface area (Å²) < 4.78 is 0. The number of rotatable bonds is 5. The van der Waals surface area contributed by atoms with Crippen LogP contribution >= 0.6 is 0 Å². The van der Waals surface area contributed by atoms with E-state index in [1.54, 1.807) is 12.1 Å². The third-order valence-electron chi connectivity index (χ3n) is 6.89. The number of phenols is 2. The highest BCUT2D eigenvalue weighted by Crippen LogP contribution is 2.50. The lowest BCUT2D eigenvalue weighted by Gasteiger charge is -2.24. The van der Waals surface area contributed by atoms with Gasteiger partial charge in [0.2, 0.25) is 0 Å². The SMILES string of the molecule is Oc1ccc(-c2c(-c3ccccc3)c(-c3ccccc3)cc(-c3ccccc3)c2-c2ccccc2)cc1O. The molecule has 0 aliphatic rings. The summed E-state index contributed by atoms with van der Waals surface area (Å²) in [5, 5.41) is 20.8. The first-order valence-electron chi connectivity index (χ1n) is 12.7. The Balaban J connectivity index is 1.85. The van der Waals surface area contributed by atoms with Crippen LogP contribution in [-0.4, -0.2) is 10.2 Å². The maximum absolute atomic E-state index is 10.6. The first-order valence-corrected chi connectivity index (χ1v) is 12.7. The summed E-state index contributed by atoms with van der Waals surface area (Å²) in [7, 11) is 0. The van der Waals surface area contributed by atoms with Gasteiger partial charge in [-0.1, -0.05) is 127 Å². The van der Waals surface area contributed by atoms with E-state index in [4.69, 9.17) is 0 Å². The second kappa shape index (κ2) is 10.1. The standard InChI is InChI=1S/C36H26O2/c37-32-22-21-29(23-33(32)38)36-34(27-17-9-3-10-18-27)30(25-13-5-1-6-14-25)24-31(26-15-7-2-8-16-26)35(36)28-19-11-4-12-20-28/h1-24,37-38H. The van der Waals surface area contributed by atoms with Crippen LogP contribution in [0.4, 0.5) is 0 Å². The quantitative estimate of drug-likeness (QED) is 0.236. The Morgan fingerprint density at radius 1 is 0.289 bits per heavy atom. The summed E-state index contributed by atoms with van der Waals surface area (Å²) in [4.78, 5) is 0. The Hall–Kier alpha value is -5.08. The summed E-state index contributed by atoms with van der Waals surface area (Å²) in [6.07, 6.45) is 0. The van der Waals surface area contributed by atoms with Gasteiger partial charge in [-0.15, -0.1) is 0 Å². The van der Waals surface area contributed by atoms with Crippen LogP contribution in [0, 0.1) is 0 Å². The van der Waals surface area contributed by atoms with Crippen molar-refractivity contribution in [2.75, 3.05) is 0 Å². The highest BCUT2D eigenvalue weighted by atomic mass is 16.3. The zero-order valence-electron chi connectivity index (χ0n) is 20.8. The van der Waals surface area contributed by atoms with Gasteiger partial charge in [-0.3, -0.25) is 0 Å². The van der Waals surface area contributed by atoms with Gasteiger partial charge in [0.1, 0.15) is 0 Å². The number of phenolic OH excluding ortho intramolecular Hbond substituents is 2. The smallest absolute Gasteiger partial charge is 0.158 e. The highest BCUT2D eigenvalue weighted by molar-refractivity contribution is 6.07. The molecule has 0 spiro atoms. The second-order valence-corrected chi connectivity index (χ2v) is 9.26. The third-order valence-corrected chi connectivity index (χ3v) is 6.89. The summed E-state index contributed by atoms with van der Waals surface area (Å²) in [6, 6.07) is 49.0. The lowest BCUT2D eigenvalue weighted by Crippen LogP contribution is -1.98. The van der Waals surface area contributed by atoms with Crippen LogP contribution in [0.15, 0.2) is 146 Å². The van der Waals surface area contributed by atoms with Crippen molar-refractivity contribution in [3.63, 3.8) is 0 Å². The van der Waals surface area contributed by atoms with E-state index in [2.05, 4.69) is 103 Å². The van der Waals surface area contributed by atoms with Crippen LogP contribution in [0.5, 0.6) is 11.5 Å². The topological polar surface area (TPSA) is 40.5 Å². The molecule has 0 saturated carbocycles. The molecule has 0 aliphatic heterocycles. The number of hydrogen-bond acceptors (Lipinski definition) is 2. The predicted molar refractivity (Wildman–Crippen MR) is 157 cm³/mol. The Morgan fingerprint density at radius 2 is 0.684 bits per heavy atom. The van der Waals surface area contributed by atoms with Crippen molar-refractivity contribution < 1.29 is 10.2 Å². The normalized spacial score (nSPS) is 10.8. The molecule has 0 radical (unpaired) electrons. The highest BCUT2D eigenvalue weighted by Gasteiger charge is 2.24. The van der Waals surface area contributed by atoms with Crippen molar-refractivity contribution in [1.29, 1.82) is 0 Å². The van der Waals surface area contributed by atoms with Gasteiger partial charge >= 0.3 is 0 Å². The molecular weight excluding hydrogens is 464 g/mol. The van der Waals surface area contributed by atoms with Gasteiger partial charge in [-0.05, 0) is 73.8 Å². The first-order chi connectivity index (χ1) is 18.7. The van der Waals surface area contributed by atoms with E-state index in [1.807, 2.05) is 30.3 Å². The molecule has 6 aromatic rings. The largest absolute Gasteiger partial charge is 0.504 e. The van der Waals surface area contributed by atoms with E-state index in [1.165, 1.54) is 0 Å². The molecule has 6 aromatic carbocycles. The number of benzene rings is 6. The van der Waals surface area contributed by atoms with Gasteiger partial charge in [0, 0.05) is 0 Å². The molecule has 6 rings (SSSR count). The zero-order valence-corrected chi connectivity index (χ0v) is 20.8. The lowest BCUT2D eigenvalue weighted by molar-refractivity contribution is 0.404. The Labute approximate surface area is 222 Å². The Morgan fingerprint density at radius 3 is 1.08 bits per heavy atom. The summed E-state index contributed by atoms with van der Waals surface area (Å²) in [6.45, 7) is 0. The van der Waals surface area contributed by atoms with Crippen molar-refractivity contribution >= 4 is 0 Å². The molecule has 0 unspecified atom stereocenters. The minimum absolute atomic E-state index is 0.140. The molecule has 2 nitrogen and oxygen atoms in total. The molecule has 182 valence electrons. The van der Waals surface area contributed by atoms with E-state index >= 15 is 0 Å². The monoisotopic (exact) mass is 490 g/mol. The maximum Gasteiger partial charge on any atom is 0.158 e. The zero-order chi connectivity index (χ0) is 25.9. The molecule has 0 bridgehead atoms. The van der Waals surface area contributed by atoms with Gasteiger partial charge in [-0.25, -0.2) is 0 Å². The fraction of sp³-hybridized carbons (Fsp3) is 0. The average molecular weight is 491 g/mol. The molecule has 0 atom stereocenters. The minimum Gasteiger partial charge on any atom is -0.504 e. The number of hydrogen-bond donors (Lipinski definition) is 2. The molecule has 0 heterocycles. The molecule has 0 fully saturated rings. The third kappa shape index (κ3) is 4.33. The van der Waals surface area contributed by atoms with E-state index in [-0.39, 0.29) is 11.5 Å². The molecule has 2 heteroatoms. The molecule has 0 aliphatic carbocycles. The van der Waals surface area contributed by atoms with Gasteiger partial charge in [0.25, 0.3) is 0 Å². The molecular formula is C36H26O2. The first kappa shape index (κ1) is 23.3. The Kier molecular flexibility index (Phi) is 6.21. The van der Waals surface area contributed by atoms with Gasteiger partial charge in [0.05, 0.1) is 0 Å². The second-order valence-electron chi connectivity index (χ2n) is 9.26. The summed E-state index contributed by atoms with van der Waals surface area (Å²) >= 11 is 0. The molecule has 38 heavy (non-hydrogen) atoms. The minimum atomic E-state index is -0.146. The molecule has 0 saturated heterocycles. The fourth-order valence-electron chi connectivity index (χ4n) is 5.15. The van der Waals surface area contributed by atoms with Crippen LogP contribution in [0.3, 0.4) is 0 Å². The number of aromatic hydroxyl groups is 2. The van der Waals surface area contributed by atoms with Crippen molar-refractivity contribution in [2.45, 2.75) is 0 Å². The van der Waals surface area contributed by atoms with Crippen molar-refractivity contribution in [2.24, 2.45) is 0 Å². The summed E-state index contributed by atoms with van der Waals surface area (Å²) in [5.74, 6) is -0.286. The van der Waals surface area contributed by atoms with Gasteiger partial charge < -0.3 is 10.2 Å². The fourth-order valence-corrected chi connectivity index (χ4v) is 5.15. The van der Waals surface area contributed by atoms with Crippen LogP contribution in [-0.2, 0) is 0 Å². The van der Waals surface area contributed by atoms with Crippen LogP contribution < -0.4 is 0 Å². The van der Waals surface area contributed by atoms with E-state index in [0.717, 1.165) is 55.6 Å². The Bertz CT molecular complexity index is 1590. The van der Waals surface area contributed by atoms with Crippen LogP contribution in [0.1, 0.15) is 0 Å². The molecule has 0 amide bonds. The lowest BCUT2D eigenvalue weighted by atomic mass is 9.79.